The first kappa shape index (κ1) is 84.2. The van der Waals surface area contributed by atoms with Gasteiger partial charge in [-0.3, -0.25) is 43.8 Å². The van der Waals surface area contributed by atoms with Gasteiger partial charge in [-0.15, -0.1) is 0 Å². The number of unbranched alkanes of at least 4 members (excludes halogenated alkanes) is 5. The number of hydrogen-bond donors (Lipinski definition) is 10. The number of halogens is 2. The minimum atomic E-state index is -2.20. The van der Waals surface area contributed by atoms with Crippen molar-refractivity contribution in [3.05, 3.63) is 180 Å². The fraction of sp³-hybridized carbons (Fsp3) is 0.367. The number of amides is 10. The summed E-state index contributed by atoms with van der Waals surface area (Å²) in [6, 6.07) is 2.12. The summed E-state index contributed by atoms with van der Waals surface area (Å²) in [6.45, 7) is 23.4. The quantitative estimate of drug-likeness (QED) is 0.0121. The number of nitrogens with one attached hydrogen (secondary N) is 8. The fourth-order valence-corrected chi connectivity index (χ4v) is 12.7. The number of aliphatic hydroxyl groups is 2. The summed E-state index contributed by atoms with van der Waals surface area (Å²) in [5, 5.41) is 45.0. The molecule has 9 atom stereocenters. The van der Waals surface area contributed by atoms with Crippen molar-refractivity contribution in [2.75, 3.05) is 53.7 Å². The highest BCUT2D eigenvalue weighted by atomic mass is 35.5. The molecule has 586 valence electrons. The molecule has 0 saturated heterocycles. The molecule has 0 radical (unpaired) electrons. The second kappa shape index (κ2) is 40.2. The Balaban J connectivity index is 1.39. The maximum absolute atomic E-state index is 16.3. The number of carbonyl (C=O) groups excluding carboxylic acids is 10. The van der Waals surface area contributed by atoms with Crippen molar-refractivity contribution < 1.29 is 96.1 Å². The number of ether oxygens (including phenoxy) is 8. The molecule has 11 bridgehead atoms. The van der Waals surface area contributed by atoms with Gasteiger partial charge in [0.1, 0.15) is 110 Å². The van der Waals surface area contributed by atoms with Gasteiger partial charge in [0, 0.05) is 36.3 Å². The minimum Gasteiger partial charge on any atom is -0.490 e. The van der Waals surface area contributed by atoms with Gasteiger partial charge in [0.2, 0.25) is 47.1 Å². The molecule has 29 nitrogen and oxygen atoms in total. The fourth-order valence-electron chi connectivity index (χ4n) is 12.2. The molecule has 31 heteroatoms. The summed E-state index contributed by atoms with van der Waals surface area (Å²) >= 11 is 14.1. The van der Waals surface area contributed by atoms with Crippen molar-refractivity contribution in [1.82, 2.24) is 47.4 Å². The van der Waals surface area contributed by atoms with Crippen LogP contribution in [0.15, 0.2) is 142 Å². The van der Waals surface area contributed by atoms with Crippen LogP contribution in [0.5, 0.6) is 46.0 Å². The van der Waals surface area contributed by atoms with E-state index >= 15 is 24.0 Å². The first-order valence-electron chi connectivity index (χ1n) is 35.5. The van der Waals surface area contributed by atoms with Crippen molar-refractivity contribution in [1.29, 1.82) is 0 Å². The van der Waals surface area contributed by atoms with E-state index in [-0.39, 0.29) is 147 Å². The number of fused-ring (bicyclic) bond motifs is 15. The number of carbonyl (C=O) groups is 10. The topological polar surface area (TPSA) is 384 Å². The van der Waals surface area contributed by atoms with Crippen LogP contribution in [0.2, 0.25) is 10.0 Å². The lowest BCUT2D eigenvalue weighted by Crippen LogP contribution is -2.60. The maximum Gasteiger partial charge on any atom is 0.410 e. The molecule has 5 aliphatic heterocycles. The van der Waals surface area contributed by atoms with Crippen LogP contribution in [0.25, 0.3) is 11.1 Å². The standard InChI is InChI=1S/C79H91Cl2N9O20/c1-11-17-18-19-20-21-28-82-78(101)84-61(91)42-53-71(94)85-64-47-38-59(109-56-26-23-45(36-51(56)80)68(92)66(75(98)83-53)88-72(95)54(34-43(7)8)90(9)79(102)108-33-16-6)70(103-10)60(39-47)110-57-27-24-46(37-52(57)81)69(93)67-76(99)87-65(77(100)107-32-15-5)50-40-48(104-29-12-2)41-58(106-31-14-4)62(50)49-35-44(22-25-55(49)105-30-13-3)63(73(96)89-67)86-74(64)97/h12-16,22-27,35-41,43,53-54,63-69,92-93H,2-6,11,17-21,28-34,42H2,1,7-10H3,(H,83,98)(H,85,94)(H,86,97)(H,87,99)(H,88,95)(H,89,96)(H2,82,84,91,101)/t53-,54+,63+,64+,65-,66+,67-,68+,69+/m0/s1. The van der Waals surface area contributed by atoms with Crippen LogP contribution in [0.3, 0.4) is 0 Å². The molecule has 0 aromatic heterocycles. The van der Waals surface area contributed by atoms with Gasteiger partial charge in [-0.25, -0.2) is 14.4 Å². The van der Waals surface area contributed by atoms with Crippen molar-refractivity contribution in [2.45, 2.75) is 127 Å². The zero-order valence-electron chi connectivity index (χ0n) is 61.5. The number of aliphatic hydroxyl groups excluding tert-OH is 2. The molecule has 5 heterocycles. The van der Waals surface area contributed by atoms with Gasteiger partial charge < -0.3 is 85.3 Å². The third-order valence-electron chi connectivity index (χ3n) is 17.6. The van der Waals surface area contributed by atoms with Gasteiger partial charge in [0.25, 0.3) is 0 Å². The number of methoxy groups -OCH3 is 1. The van der Waals surface area contributed by atoms with E-state index in [4.69, 9.17) is 61.1 Å². The number of esters is 1. The van der Waals surface area contributed by atoms with Gasteiger partial charge in [-0.2, -0.15) is 0 Å². The lowest BCUT2D eigenvalue weighted by Gasteiger charge is -2.32. The van der Waals surface area contributed by atoms with E-state index in [9.17, 15) is 34.2 Å². The van der Waals surface area contributed by atoms with Gasteiger partial charge in [-0.05, 0) is 95.6 Å². The smallest absolute Gasteiger partial charge is 0.410 e. The molecule has 0 saturated carbocycles. The normalized spacial score (nSPS) is 19.0. The Bertz CT molecular complexity index is 4300. The van der Waals surface area contributed by atoms with Crippen LogP contribution in [-0.4, -0.2) is 152 Å². The lowest BCUT2D eigenvalue weighted by molar-refractivity contribution is -0.147. The second-order valence-corrected chi connectivity index (χ2v) is 27.0. The number of rotatable bonds is 29. The van der Waals surface area contributed by atoms with E-state index in [1.54, 1.807) is 13.8 Å². The molecule has 10 N–H and O–H groups in total. The highest BCUT2D eigenvalue weighted by Crippen LogP contribution is 2.49. The minimum absolute atomic E-state index is 0.0125. The van der Waals surface area contributed by atoms with E-state index < -0.39 is 120 Å². The van der Waals surface area contributed by atoms with Crippen LogP contribution in [0.1, 0.15) is 130 Å². The summed E-state index contributed by atoms with van der Waals surface area (Å²) in [5.41, 5.74) is -0.689. The van der Waals surface area contributed by atoms with E-state index in [1.807, 2.05) is 0 Å². The third-order valence-corrected chi connectivity index (χ3v) is 18.2. The average Bonchev–Trinajstić information content (AvgIpc) is 0.760. The molecule has 10 amide bonds. The van der Waals surface area contributed by atoms with Crippen LogP contribution in [0, 0.1) is 5.92 Å². The first-order chi connectivity index (χ1) is 52.8. The lowest BCUT2D eigenvalue weighted by atomic mass is 9.89. The summed E-state index contributed by atoms with van der Waals surface area (Å²) in [5.74, 6) is -11.2. The number of hydrogen-bond acceptors (Lipinski definition) is 20. The number of urea groups is 1. The van der Waals surface area contributed by atoms with Crippen LogP contribution in [0.4, 0.5) is 9.59 Å². The van der Waals surface area contributed by atoms with Gasteiger partial charge in [-0.1, -0.05) is 158 Å². The van der Waals surface area contributed by atoms with Gasteiger partial charge >= 0.3 is 18.1 Å². The molecule has 110 heavy (non-hydrogen) atoms. The summed E-state index contributed by atoms with van der Waals surface area (Å²) in [6.07, 6.45) is 5.83. The molecule has 0 fully saturated rings. The van der Waals surface area contributed by atoms with E-state index in [0.717, 1.165) is 37.0 Å². The Morgan fingerprint density at radius 3 is 1.80 bits per heavy atom. The number of benzene rings is 5. The number of nitrogens with zero attached hydrogens (tertiary/aromatic N) is 1. The Kier molecular flexibility index (Phi) is 30.7. The first-order valence-corrected chi connectivity index (χ1v) is 36.3. The zero-order valence-corrected chi connectivity index (χ0v) is 63.1. The average molecular weight is 1560 g/mol. The predicted octanol–water partition coefficient (Wildman–Crippen LogP) is 9.66. The Hall–Kier alpha value is -11.4. The molecule has 5 aliphatic rings. The monoisotopic (exact) mass is 1560 g/mol. The predicted molar refractivity (Wildman–Crippen MR) is 407 cm³/mol. The second-order valence-electron chi connectivity index (χ2n) is 26.1. The summed E-state index contributed by atoms with van der Waals surface area (Å²) < 4.78 is 48.7. The molecular formula is C79H91Cl2N9O20. The van der Waals surface area contributed by atoms with Gasteiger partial charge in [0.05, 0.1) is 23.6 Å². The highest BCUT2D eigenvalue weighted by molar-refractivity contribution is 6.32. The molecule has 0 unspecified atom stereocenters. The molecule has 5 aromatic carbocycles. The summed E-state index contributed by atoms with van der Waals surface area (Å²) in [4.78, 5) is 151. The molecule has 0 aliphatic carbocycles. The maximum atomic E-state index is 16.3. The highest BCUT2D eigenvalue weighted by Gasteiger charge is 2.43. The molecule has 5 aromatic rings. The Morgan fingerprint density at radius 1 is 0.609 bits per heavy atom. The van der Waals surface area contributed by atoms with Gasteiger partial charge in [0.15, 0.2) is 17.5 Å². The van der Waals surface area contributed by atoms with Crippen LogP contribution >= 0.6 is 23.2 Å². The molecule has 10 rings (SSSR count). The van der Waals surface area contributed by atoms with Crippen molar-refractivity contribution in [3.63, 3.8) is 0 Å². The third kappa shape index (κ3) is 21.5. The Morgan fingerprint density at radius 2 is 1.18 bits per heavy atom. The number of likely N-dealkylation sites (N-methyl/N-ethyl adjacent to an activating group) is 1. The zero-order chi connectivity index (χ0) is 79.9. The SMILES string of the molecule is C=CCOC(=O)[C@H]1NC(=O)[C@H]2NC(=O)[C@H](NC(=O)[C@@H]3NC(=O)[C@H](CC(=O)NC(=O)NCCCCCCCC)NC(=O)[C@H](NC(=O)[C@@H](CC(C)C)N(C)C(=O)OCC=C)[C@H](O)c4ccc(c(Cl)c4)Oc4cc3cc(c4OC)Oc3ccc(cc3Cl)[C@H]2O)c2ccc(OCC=C)c(c2)-c2c(OCC=C)cc(OCC=C)cc21. The molecule has 0 spiro atoms. The van der Waals surface area contributed by atoms with Crippen molar-refractivity contribution in [2.24, 2.45) is 5.92 Å². The van der Waals surface area contributed by atoms with Crippen molar-refractivity contribution in [3.8, 4) is 57.1 Å². The van der Waals surface area contributed by atoms with E-state index in [2.05, 4.69) is 82.4 Å². The molecular weight excluding hydrogens is 1470 g/mol. The Labute approximate surface area is 646 Å². The summed E-state index contributed by atoms with van der Waals surface area (Å²) in [7, 11) is 2.51. The van der Waals surface area contributed by atoms with Crippen LogP contribution < -0.4 is 71.0 Å². The van der Waals surface area contributed by atoms with Crippen molar-refractivity contribution >= 4 is 82.6 Å². The van der Waals surface area contributed by atoms with E-state index in [0.29, 0.717) is 6.42 Å². The number of imide groups is 1. The van der Waals surface area contributed by atoms with E-state index in [1.165, 1.54) is 123 Å². The largest absolute Gasteiger partial charge is 0.490 e. The van der Waals surface area contributed by atoms with Crippen LogP contribution in [-0.2, 0) is 47.8 Å².